The van der Waals surface area contributed by atoms with Crippen LogP contribution in [-0.4, -0.2) is 30.1 Å². The molecule has 0 spiro atoms. The standard InChI is InChI=1S/C11H21NO2S/c1-2-15-11(13)8-14-10-5-3-9(7-12)4-6-10/h9-10H,2-8,12H2,1H3. The summed E-state index contributed by atoms with van der Waals surface area (Å²) in [5, 5.41) is 0.151. The summed E-state index contributed by atoms with van der Waals surface area (Å²) < 4.78 is 5.58. The van der Waals surface area contributed by atoms with Gasteiger partial charge in [0, 0.05) is 0 Å². The summed E-state index contributed by atoms with van der Waals surface area (Å²) in [6.45, 7) is 3.04. The molecule has 88 valence electrons. The summed E-state index contributed by atoms with van der Waals surface area (Å²) in [5.41, 5.74) is 5.61. The third-order valence-electron chi connectivity index (χ3n) is 2.87. The predicted octanol–water partition coefficient (Wildman–Crippen LogP) is 1.80. The fourth-order valence-corrected chi connectivity index (χ4v) is 2.40. The summed E-state index contributed by atoms with van der Waals surface area (Å²) in [5.74, 6) is 1.51. The van der Waals surface area contributed by atoms with Gasteiger partial charge in [-0.15, -0.1) is 0 Å². The van der Waals surface area contributed by atoms with Gasteiger partial charge in [0.1, 0.15) is 6.61 Å². The van der Waals surface area contributed by atoms with E-state index >= 15 is 0 Å². The highest BCUT2D eigenvalue weighted by molar-refractivity contribution is 8.13. The Morgan fingerprint density at radius 1 is 1.40 bits per heavy atom. The summed E-state index contributed by atoms with van der Waals surface area (Å²) in [4.78, 5) is 11.2. The minimum absolute atomic E-state index is 0.151. The average molecular weight is 231 g/mol. The van der Waals surface area contributed by atoms with E-state index in [1.54, 1.807) is 0 Å². The second kappa shape index (κ2) is 7.25. The molecule has 0 saturated heterocycles. The zero-order valence-electron chi connectivity index (χ0n) is 9.41. The Morgan fingerprint density at radius 2 is 2.07 bits per heavy atom. The van der Waals surface area contributed by atoms with Crippen LogP contribution in [0.15, 0.2) is 0 Å². The van der Waals surface area contributed by atoms with Crippen LogP contribution in [0.4, 0.5) is 0 Å². The van der Waals surface area contributed by atoms with Gasteiger partial charge in [-0.1, -0.05) is 18.7 Å². The Bertz CT molecular complexity index is 191. The molecule has 0 amide bonds. The fourth-order valence-electron chi connectivity index (χ4n) is 1.92. The van der Waals surface area contributed by atoms with Crippen molar-refractivity contribution in [2.45, 2.75) is 38.7 Å². The monoisotopic (exact) mass is 231 g/mol. The van der Waals surface area contributed by atoms with Crippen LogP contribution in [0.5, 0.6) is 0 Å². The first-order valence-electron chi connectivity index (χ1n) is 5.73. The maximum Gasteiger partial charge on any atom is 0.214 e. The molecule has 0 aromatic carbocycles. The normalized spacial score (nSPS) is 26.5. The Hall–Kier alpha value is -0.0600. The summed E-state index contributed by atoms with van der Waals surface area (Å²) >= 11 is 1.34. The van der Waals surface area contributed by atoms with Crippen LogP contribution in [0.3, 0.4) is 0 Å². The molecular weight excluding hydrogens is 210 g/mol. The number of ether oxygens (including phenoxy) is 1. The van der Waals surface area contributed by atoms with Crippen molar-refractivity contribution < 1.29 is 9.53 Å². The van der Waals surface area contributed by atoms with Crippen LogP contribution in [0, 0.1) is 5.92 Å². The van der Waals surface area contributed by atoms with Gasteiger partial charge in [0.15, 0.2) is 0 Å². The lowest BCUT2D eigenvalue weighted by atomic mass is 9.87. The van der Waals surface area contributed by atoms with E-state index in [4.69, 9.17) is 10.5 Å². The first-order valence-corrected chi connectivity index (χ1v) is 6.72. The molecule has 1 rings (SSSR count). The fraction of sp³-hybridized carbons (Fsp3) is 0.909. The molecule has 0 aromatic rings. The van der Waals surface area contributed by atoms with Crippen molar-refractivity contribution >= 4 is 16.9 Å². The lowest BCUT2D eigenvalue weighted by Gasteiger charge is -2.27. The van der Waals surface area contributed by atoms with E-state index in [1.165, 1.54) is 11.8 Å². The number of hydrogen-bond donors (Lipinski definition) is 1. The summed E-state index contributed by atoms with van der Waals surface area (Å²) in [6.07, 6.45) is 4.71. The molecule has 0 atom stereocenters. The van der Waals surface area contributed by atoms with Gasteiger partial charge < -0.3 is 10.5 Å². The third-order valence-corrected chi connectivity index (χ3v) is 3.60. The molecule has 0 aromatic heterocycles. The van der Waals surface area contributed by atoms with Crippen molar-refractivity contribution in [2.75, 3.05) is 18.9 Å². The maximum atomic E-state index is 11.2. The van der Waals surface area contributed by atoms with E-state index in [0.717, 1.165) is 38.0 Å². The molecule has 0 heterocycles. The average Bonchev–Trinajstić information content (AvgIpc) is 2.27. The lowest BCUT2D eigenvalue weighted by molar-refractivity contribution is -0.117. The Morgan fingerprint density at radius 3 is 2.60 bits per heavy atom. The molecular formula is C11H21NO2S. The predicted molar refractivity (Wildman–Crippen MR) is 63.9 cm³/mol. The molecule has 0 bridgehead atoms. The van der Waals surface area contributed by atoms with Crippen LogP contribution in [0.2, 0.25) is 0 Å². The lowest BCUT2D eigenvalue weighted by Crippen LogP contribution is -2.27. The minimum atomic E-state index is 0.151. The number of nitrogens with two attached hydrogens (primary N) is 1. The Kier molecular flexibility index (Phi) is 6.29. The van der Waals surface area contributed by atoms with E-state index in [1.807, 2.05) is 6.92 Å². The number of carbonyl (C=O) groups excluding carboxylic acids is 1. The van der Waals surface area contributed by atoms with Crippen molar-refractivity contribution in [1.29, 1.82) is 0 Å². The van der Waals surface area contributed by atoms with Crippen LogP contribution in [0.1, 0.15) is 32.6 Å². The van der Waals surface area contributed by atoms with E-state index < -0.39 is 0 Å². The molecule has 15 heavy (non-hydrogen) atoms. The Balaban J connectivity index is 2.10. The molecule has 0 unspecified atom stereocenters. The smallest absolute Gasteiger partial charge is 0.214 e. The molecule has 4 heteroatoms. The molecule has 3 nitrogen and oxygen atoms in total. The van der Waals surface area contributed by atoms with Crippen molar-refractivity contribution in [2.24, 2.45) is 11.7 Å². The van der Waals surface area contributed by atoms with E-state index in [-0.39, 0.29) is 17.8 Å². The van der Waals surface area contributed by atoms with E-state index in [2.05, 4.69) is 0 Å². The van der Waals surface area contributed by atoms with Gasteiger partial charge in [-0.3, -0.25) is 4.79 Å². The SMILES string of the molecule is CCSC(=O)COC1CCC(CN)CC1. The first-order chi connectivity index (χ1) is 7.26. The highest BCUT2D eigenvalue weighted by Crippen LogP contribution is 2.25. The quantitative estimate of drug-likeness (QED) is 0.784. The molecule has 2 N–H and O–H groups in total. The number of rotatable bonds is 5. The third kappa shape index (κ3) is 5.00. The molecule has 1 saturated carbocycles. The van der Waals surface area contributed by atoms with Gasteiger partial charge in [0.2, 0.25) is 5.12 Å². The molecule has 1 aliphatic carbocycles. The molecule has 1 fully saturated rings. The zero-order valence-corrected chi connectivity index (χ0v) is 10.2. The van der Waals surface area contributed by atoms with Gasteiger partial charge in [0.25, 0.3) is 0 Å². The van der Waals surface area contributed by atoms with Gasteiger partial charge in [-0.25, -0.2) is 0 Å². The van der Waals surface area contributed by atoms with Crippen molar-refractivity contribution in [3.8, 4) is 0 Å². The second-order valence-electron chi connectivity index (χ2n) is 3.99. The highest BCUT2D eigenvalue weighted by Gasteiger charge is 2.21. The molecule has 0 aliphatic heterocycles. The van der Waals surface area contributed by atoms with Crippen molar-refractivity contribution in [3.05, 3.63) is 0 Å². The number of hydrogen-bond acceptors (Lipinski definition) is 4. The topological polar surface area (TPSA) is 52.3 Å². The number of carbonyl (C=O) groups is 1. The van der Waals surface area contributed by atoms with Gasteiger partial charge in [0.05, 0.1) is 6.10 Å². The Labute approximate surface area is 96.1 Å². The summed E-state index contributed by atoms with van der Waals surface area (Å²) in [7, 11) is 0. The van der Waals surface area contributed by atoms with E-state index in [0.29, 0.717) is 5.92 Å². The van der Waals surface area contributed by atoms with E-state index in [9.17, 15) is 4.79 Å². The van der Waals surface area contributed by atoms with Crippen LogP contribution in [-0.2, 0) is 9.53 Å². The van der Waals surface area contributed by atoms with Crippen LogP contribution >= 0.6 is 11.8 Å². The maximum absolute atomic E-state index is 11.2. The molecule has 0 radical (unpaired) electrons. The highest BCUT2D eigenvalue weighted by atomic mass is 32.2. The number of thioether (sulfide) groups is 1. The van der Waals surface area contributed by atoms with Crippen LogP contribution in [0.25, 0.3) is 0 Å². The summed E-state index contributed by atoms with van der Waals surface area (Å²) in [6, 6.07) is 0. The largest absolute Gasteiger partial charge is 0.369 e. The second-order valence-corrected chi connectivity index (χ2v) is 5.32. The van der Waals surface area contributed by atoms with Gasteiger partial charge in [-0.05, 0) is 43.9 Å². The molecule has 1 aliphatic rings. The van der Waals surface area contributed by atoms with Gasteiger partial charge in [-0.2, -0.15) is 0 Å². The first kappa shape index (κ1) is 13.0. The van der Waals surface area contributed by atoms with Gasteiger partial charge >= 0.3 is 0 Å². The van der Waals surface area contributed by atoms with Crippen LogP contribution < -0.4 is 5.73 Å². The van der Waals surface area contributed by atoms with Crippen molar-refractivity contribution in [1.82, 2.24) is 0 Å². The minimum Gasteiger partial charge on any atom is -0.369 e. The van der Waals surface area contributed by atoms with Crippen molar-refractivity contribution in [3.63, 3.8) is 0 Å². The zero-order chi connectivity index (χ0) is 11.1.